The number of nitrogens with one attached hydrogen (secondary N) is 1. The molecule has 1 aliphatic heterocycles. The van der Waals surface area contributed by atoms with E-state index in [1.165, 1.54) is 0 Å². The lowest BCUT2D eigenvalue weighted by molar-refractivity contribution is 0.0374. The molecule has 0 saturated carbocycles. The van der Waals surface area contributed by atoms with Gasteiger partial charge in [0.2, 0.25) is 0 Å². The maximum Gasteiger partial charge on any atom is 0.134 e. The number of benzene rings is 1. The van der Waals surface area contributed by atoms with Gasteiger partial charge in [-0.1, -0.05) is 11.6 Å². The molecule has 124 valence electrons. The van der Waals surface area contributed by atoms with Crippen molar-refractivity contribution >= 4 is 11.6 Å². The minimum atomic E-state index is 0.738. The normalized spacial score (nSPS) is 15.9. The molecule has 3 rings (SSSR count). The van der Waals surface area contributed by atoms with Crippen molar-refractivity contribution in [3.8, 4) is 11.3 Å². The minimum absolute atomic E-state index is 0.738. The highest BCUT2D eigenvalue weighted by Gasteiger charge is 2.09. The smallest absolute Gasteiger partial charge is 0.134 e. The van der Waals surface area contributed by atoms with Crippen molar-refractivity contribution in [2.75, 3.05) is 39.4 Å². The molecule has 5 heteroatoms. The van der Waals surface area contributed by atoms with Crippen LogP contribution in [0.4, 0.5) is 0 Å². The van der Waals surface area contributed by atoms with Crippen molar-refractivity contribution in [3.05, 3.63) is 47.2 Å². The maximum absolute atomic E-state index is 5.91. The highest BCUT2D eigenvalue weighted by molar-refractivity contribution is 6.30. The van der Waals surface area contributed by atoms with Crippen LogP contribution in [-0.4, -0.2) is 44.3 Å². The largest absolute Gasteiger partial charge is 0.460 e. The van der Waals surface area contributed by atoms with E-state index in [2.05, 4.69) is 10.2 Å². The zero-order valence-electron chi connectivity index (χ0n) is 13.3. The van der Waals surface area contributed by atoms with Gasteiger partial charge >= 0.3 is 0 Å². The molecule has 1 aromatic carbocycles. The molecule has 1 saturated heterocycles. The van der Waals surface area contributed by atoms with Crippen molar-refractivity contribution in [1.29, 1.82) is 0 Å². The summed E-state index contributed by atoms with van der Waals surface area (Å²) in [6.07, 6.45) is 1.14. The van der Waals surface area contributed by atoms with Crippen LogP contribution >= 0.6 is 11.6 Å². The highest BCUT2D eigenvalue weighted by atomic mass is 35.5. The molecule has 0 amide bonds. The monoisotopic (exact) mass is 334 g/mol. The third-order valence-electron chi connectivity index (χ3n) is 4.02. The van der Waals surface area contributed by atoms with Crippen LogP contribution in [0.5, 0.6) is 0 Å². The standard InChI is InChI=1S/C18H23ClN2O2/c19-16-4-2-15(3-5-16)18-7-6-17(23-18)14-20-8-1-9-21-10-12-22-13-11-21/h2-7,20H,1,8-14H2. The van der Waals surface area contributed by atoms with Gasteiger partial charge in [-0.3, -0.25) is 4.90 Å². The molecule has 23 heavy (non-hydrogen) atoms. The van der Waals surface area contributed by atoms with Crippen molar-refractivity contribution in [1.82, 2.24) is 10.2 Å². The molecule has 1 aliphatic rings. The van der Waals surface area contributed by atoms with Crippen LogP contribution in [0, 0.1) is 0 Å². The Balaban J connectivity index is 1.38. The van der Waals surface area contributed by atoms with E-state index in [0.29, 0.717) is 0 Å². The summed E-state index contributed by atoms with van der Waals surface area (Å²) < 4.78 is 11.2. The predicted octanol–water partition coefficient (Wildman–Crippen LogP) is 3.41. The Morgan fingerprint density at radius 3 is 2.61 bits per heavy atom. The number of halogens is 1. The van der Waals surface area contributed by atoms with E-state index in [4.69, 9.17) is 20.8 Å². The van der Waals surface area contributed by atoms with Gasteiger partial charge < -0.3 is 14.5 Å². The number of furan rings is 1. The highest BCUT2D eigenvalue weighted by Crippen LogP contribution is 2.23. The second kappa shape index (κ2) is 8.50. The summed E-state index contributed by atoms with van der Waals surface area (Å²) in [4.78, 5) is 2.46. The molecule has 1 aromatic heterocycles. The SMILES string of the molecule is Clc1ccc(-c2ccc(CNCCCN3CCOCC3)o2)cc1. The third-order valence-corrected chi connectivity index (χ3v) is 4.27. The topological polar surface area (TPSA) is 37.6 Å². The molecule has 1 N–H and O–H groups in total. The fourth-order valence-corrected chi connectivity index (χ4v) is 2.83. The summed E-state index contributed by atoms with van der Waals surface area (Å²) in [5, 5.41) is 4.18. The van der Waals surface area contributed by atoms with Gasteiger partial charge in [0.1, 0.15) is 11.5 Å². The van der Waals surface area contributed by atoms with Crippen LogP contribution in [0.25, 0.3) is 11.3 Å². The van der Waals surface area contributed by atoms with Gasteiger partial charge in [-0.15, -0.1) is 0 Å². The molecular weight excluding hydrogens is 312 g/mol. The summed E-state index contributed by atoms with van der Waals surface area (Å²) in [7, 11) is 0. The van der Waals surface area contributed by atoms with Crippen LogP contribution in [0.2, 0.25) is 5.02 Å². The number of hydrogen-bond donors (Lipinski definition) is 1. The van der Waals surface area contributed by atoms with E-state index in [9.17, 15) is 0 Å². The summed E-state index contributed by atoms with van der Waals surface area (Å²) in [6.45, 7) is 6.74. The molecule has 4 nitrogen and oxygen atoms in total. The van der Waals surface area contributed by atoms with Crippen molar-refractivity contribution < 1.29 is 9.15 Å². The molecular formula is C18H23ClN2O2. The Kier molecular flexibility index (Phi) is 6.11. The van der Waals surface area contributed by atoms with Crippen LogP contribution in [0.15, 0.2) is 40.8 Å². The lowest BCUT2D eigenvalue weighted by atomic mass is 10.2. The summed E-state index contributed by atoms with van der Waals surface area (Å²) >= 11 is 5.91. The molecule has 2 heterocycles. The summed E-state index contributed by atoms with van der Waals surface area (Å²) in [5.74, 6) is 1.84. The molecule has 0 spiro atoms. The Bertz CT molecular complexity index is 591. The van der Waals surface area contributed by atoms with Crippen molar-refractivity contribution in [2.24, 2.45) is 0 Å². The summed E-state index contributed by atoms with van der Waals surface area (Å²) in [5.41, 5.74) is 1.05. The van der Waals surface area contributed by atoms with Gasteiger partial charge in [0.25, 0.3) is 0 Å². The molecule has 0 atom stereocenters. The lowest BCUT2D eigenvalue weighted by Crippen LogP contribution is -2.37. The molecule has 2 aromatic rings. The number of morpholine rings is 1. The van der Waals surface area contributed by atoms with E-state index in [1.54, 1.807) is 0 Å². The van der Waals surface area contributed by atoms with Gasteiger partial charge in [0, 0.05) is 23.7 Å². The first kappa shape index (κ1) is 16.5. The Labute approximate surface area is 142 Å². The third kappa shape index (κ3) is 5.08. The fourth-order valence-electron chi connectivity index (χ4n) is 2.71. The maximum atomic E-state index is 5.91. The van der Waals surface area contributed by atoms with Gasteiger partial charge in [0.05, 0.1) is 19.8 Å². The predicted molar refractivity (Wildman–Crippen MR) is 92.7 cm³/mol. The first-order valence-corrected chi connectivity index (χ1v) is 8.54. The lowest BCUT2D eigenvalue weighted by Gasteiger charge is -2.26. The van der Waals surface area contributed by atoms with Gasteiger partial charge in [-0.25, -0.2) is 0 Å². The fraction of sp³-hybridized carbons (Fsp3) is 0.444. The van der Waals surface area contributed by atoms with Crippen LogP contribution in [-0.2, 0) is 11.3 Å². The zero-order chi connectivity index (χ0) is 15.9. The second-order valence-corrected chi connectivity index (χ2v) is 6.19. The molecule has 0 radical (unpaired) electrons. The Morgan fingerprint density at radius 1 is 1.04 bits per heavy atom. The second-order valence-electron chi connectivity index (χ2n) is 5.76. The molecule has 1 fully saturated rings. The number of rotatable bonds is 7. The number of nitrogens with zero attached hydrogens (tertiary/aromatic N) is 1. The quantitative estimate of drug-likeness (QED) is 0.787. The Morgan fingerprint density at radius 2 is 1.83 bits per heavy atom. The van der Waals surface area contributed by atoms with Crippen LogP contribution in [0.3, 0.4) is 0 Å². The van der Waals surface area contributed by atoms with Crippen LogP contribution in [0.1, 0.15) is 12.2 Å². The minimum Gasteiger partial charge on any atom is -0.460 e. The summed E-state index contributed by atoms with van der Waals surface area (Å²) in [6, 6.07) is 11.7. The average molecular weight is 335 g/mol. The van der Waals surface area contributed by atoms with Gasteiger partial charge in [0.15, 0.2) is 0 Å². The van der Waals surface area contributed by atoms with Crippen molar-refractivity contribution in [2.45, 2.75) is 13.0 Å². The average Bonchev–Trinajstić information content (AvgIpc) is 3.05. The Hall–Kier alpha value is -1.33. The van der Waals surface area contributed by atoms with E-state index < -0.39 is 0 Å². The number of ether oxygens (including phenoxy) is 1. The van der Waals surface area contributed by atoms with Crippen molar-refractivity contribution in [3.63, 3.8) is 0 Å². The molecule has 0 aliphatic carbocycles. The van der Waals surface area contributed by atoms with Crippen LogP contribution < -0.4 is 5.32 Å². The van der Waals surface area contributed by atoms with Gasteiger partial charge in [-0.05, 0) is 55.9 Å². The van der Waals surface area contributed by atoms with E-state index in [1.807, 2.05) is 36.4 Å². The van der Waals surface area contributed by atoms with E-state index >= 15 is 0 Å². The van der Waals surface area contributed by atoms with E-state index in [-0.39, 0.29) is 0 Å². The van der Waals surface area contributed by atoms with E-state index in [0.717, 1.165) is 74.5 Å². The zero-order valence-corrected chi connectivity index (χ0v) is 14.0. The number of hydrogen-bond acceptors (Lipinski definition) is 4. The van der Waals surface area contributed by atoms with Gasteiger partial charge in [-0.2, -0.15) is 0 Å². The molecule has 0 bridgehead atoms. The first-order chi connectivity index (χ1) is 11.3. The first-order valence-electron chi connectivity index (χ1n) is 8.17. The molecule has 0 unspecified atom stereocenters.